The molecule has 0 aliphatic heterocycles. The third kappa shape index (κ3) is 7.15. The number of carboxylic acids is 1. The van der Waals surface area contributed by atoms with Crippen LogP contribution >= 0.6 is 11.3 Å². The van der Waals surface area contributed by atoms with Gasteiger partial charge in [-0.25, -0.2) is 28.3 Å². The summed E-state index contributed by atoms with van der Waals surface area (Å²) in [5.74, 6) is 0.115. The van der Waals surface area contributed by atoms with E-state index in [1.54, 1.807) is 12.1 Å². The average Bonchev–Trinajstić information content (AvgIpc) is 3.36. The average molecular weight is 581 g/mol. The van der Waals surface area contributed by atoms with Crippen molar-refractivity contribution in [2.24, 2.45) is 21.8 Å². The standard InChI is InChI=1S/C29H32N4O5S2/c30-27(20-4-3-7-22(16-20)38-21-5-1-2-6-21)24(14-18-10-12-23(13-11-18)40(31,36)37)25(15-19-8-9-19)32-29-33-26(17-39-29)28(34)35/h3-4,7,10-13,16-17,19,21H,1-2,5-6,8-9,14-15,30H2,(H,34,35)(H2,31,36,37). The number of carbonyl (C=O) groups is 1. The maximum Gasteiger partial charge on any atom is 0.355 e. The summed E-state index contributed by atoms with van der Waals surface area (Å²) >= 11 is 1.17. The van der Waals surface area contributed by atoms with Gasteiger partial charge in [-0.05, 0) is 80.7 Å². The first-order valence-electron chi connectivity index (χ1n) is 13.3. The fourth-order valence-electron chi connectivity index (χ4n) is 4.82. The second-order valence-corrected chi connectivity index (χ2v) is 12.7. The summed E-state index contributed by atoms with van der Waals surface area (Å²) in [5, 5.41) is 16.4. The zero-order chi connectivity index (χ0) is 28.3. The van der Waals surface area contributed by atoms with Crippen LogP contribution in [0.5, 0.6) is 5.75 Å². The molecule has 2 fully saturated rings. The van der Waals surface area contributed by atoms with Gasteiger partial charge in [0.05, 0.1) is 11.0 Å². The summed E-state index contributed by atoms with van der Waals surface area (Å²) in [6, 6.07) is 14.1. The number of ether oxygens (including phenoxy) is 1. The Balaban J connectivity index is 1.56. The minimum absolute atomic E-state index is 0.0300. The molecule has 0 atom stereocenters. The Morgan fingerprint density at radius 1 is 1.10 bits per heavy atom. The molecule has 5 N–H and O–H groups in total. The monoisotopic (exact) mass is 580 g/mol. The van der Waals surface area contributed by atoms with E-state index in [2.05, 4.69) is 4.98 Å². The lowest BCUT2D eigenvalue weighted by Crippen LogP contribution is -2.15. The molecule has 2 saturated carbocycles. The van der Waals surface area contributed by atoms with Crippen LogP contribution in [0, 0.1) is 5.92 Å². The molecule has 1 aromatic heterocycles. The summed E-state index contributed by atoms with van der Waals surface area (Å²) in [5.41, 5.74) is 10.5. The van der Waals surface area contributed by atoms with Crippen molar-refractivity contribution in [3.63, 3.8) is 0 Å². The molecule has 2 aromatic carbocycles. The molecule has 40 heavy (non-hydrogen) atoms. The predicted octanol–water partition coefficient (Wildman–Crippen LogP) is 5.30. The molecule has 210 valence electrons. The molecule has 0 bridgehead atoms. The van der Waals surface area contributed by atoms with Gasteiger partial charge in [-0.15, -0.1) is 11.3 Å². The van der Waals surface area contributed by atoms with Crippen LogP contribution < -0.4 is 15.6 Å². The fraction of sp³-hybridized carbons (Fsp3) is 0.345. The molecular weight excluding hydrogens is 548 g/mol. The number of aromatic nitrogens is 1. The van der Waals surface area contributed by atoms with Crippen molar-refractivity contribution >= 4 is 43.9 Å². The van der Waals surface area contributed by atoms with Gasteiger partial charge >= 0.3 is 5.97 Å². The van der Waals surface area contributed by atoms with Gasteiger partial charge in [0.1, 0.15) is 5.75 Å². The van der Waals surface area contributed by atoms with Crippen molar-refractivity contribution in [3.8, 4) is 5.75 Å². The lowest BCUT2D eigenvalue weighted by molar-refractivity contribution is 0.0691. The normalized spacial score (nSPS) is 17.1. The molecule has 0 amide bonds. The van der Waals surface area contributed by atoms with Crippen molar-refractivity contribution in [1.29, 1.82) is 0 Å². The largest absolute Gasteiger partial charge is 0.490 e. The third-order valence-corrected chi connectivity index (χ3v) is 8.84. The number of aromatic carboxylic acids is 1. The summed E-state index contributed by atoms with van der Waals surface area (Å²) < 4.78 is 29.8. The number of benzene rings is 2. The highest BCUT2D eigenvalue weighted by molar-refractivity contribution is 7.89. The van der Waals surface area contributed by atoms with Crippen molar-refractivity contribution < 1.29 is 23.1 Å². The summed E-state index contributed by atoms with van der Waals surface area (Å²) in [6.45, 7) is 0. The first-order valence-corrected chi connectivity index (χ1v) is 15.7. The Hall–Kier alpha value is -3.54. The van der Waals surface area contributed by atoms with Crippen molar-refractivity contribution in [3.05, 3.63) is 76.3 Å². The number of thiazole rings is 1. The van der Waals surface area contributed by atoms with Gasteiger partial charge in [0.2, 0.25) is 15.2 Å². The second kappa shape index (κ2) is 11.9. The van der Waals surface area contributed by atoms with Crippen LogP contribution in [-0.4, -0.2) is 36.3 Å². The molecular formula is C29H32N4O5S2. The highest BCUT2D eigenvalue weighted by Gasteiger charge is 2.27. The highest BCUT2D eigenvalue weighted by Crippen LogP contribution is 2.37. The highest BCUT2D eigenvalue weighted by atomic mass is 32.2. The number of carboxylic acid groups (broad SMARTS) is 1. The van der Waals surface area contributed by atoms with Crippen molar-refractivity contribution in [2.45, 2.75) is 62.4 Å². The lowest BCUT2D eigenvalue weighted by Gasteiger charge is -2.17. The number of rotatable bonds is 11. The molecule has 0 spiro atoms. The molecule has 2 aliphatic carbocycles. The number of aliphatic imine (C=N–C) groups is 1. The van der Waals surface area contributed by atoms with E-state index in [4.69, 9.17) is 20.6 Å². The Morgan fingerprint density at radius 2 is 1.82 bits per heavy atom. The minimum atomic E-state index is -3.82. The van der Waals surface area contributed by atoms with Gasteiger partial charge in [-0.2, -0.15) is 0 Å². The van der Waals surface area contributed by atoms with E-state index in [1.807, 2.05) is 24.3 Å². The van der Waals surface area contributed by atoms with Crippen LogP contribution in [0.25, 0.3) is 5.70 Å². The van der Waals surface area contributed by atoms with Gasteiger partial charge < -0.3 is 15.6 Å². The molecule has 0 saturated heterocycles. The number of sulfonamides is 1. The first-order chi connectivity index (χ1) is 19.2. The van der Waals surface area contributed by atoms with Gasteiger partial charge in [0, 0.05) is 34.3 Å². The fourth-order valence-corrected chi connectivity index (χ4v) is 6.02. The number of hydrogen-bond donors (Lipinski definition) is 3. The first kappa shape index (κ1) is 28.0. The van der Waals surface area contributed by atoms with E-state index in [-0.39, 0.29) is 16.7 Å². The quantitative estimate of drug-likeness (QED) is 0.260. The molecule has 0 unspecified atom stereocenters. The Bertz CT molecular complexity index is 1550. The number of hydrogen-bond acceptors (Lipinski definition) is 8. The van der Waals surface area contributed by atoms with Crippen LogP contribution in [0.1, 0.15) is 66.6 Å². The van der Waals surface area contributed by atoms with E-state index in [9.17, 15) is 18.3 Å². The van der Waals surface area contributed by atoms with Gasteiger partial charge in [0.25, 0.3) is 0 Å². The van der Waals surface area contributed by atoms with Gasteiger partial charge in [-0.1, -0.05) is 24.3 Å². The number of allylic oxidation sites excluding steroid dienone is 1. The SMILES string of the molecule is NC(=C(Cc1ccc(S(N)(=O)=O)cc1)C(CC1CC1)=Nc1nc(C(=O)O)cs1)c1cccc(OC2CCCC2)c1. The maximum absolute atomic E-state index is 11.8. The molecule has 3 aromatic rings. The molecule has 9 nitrogen and oxygen atoms in total. The Morgan fingerprint density at radius 3 is 2.45 bits per heavy atom. The van der Waals surface area contributed by atoms with Crippen LogP contribution in [-0.2, 0) is 16.4 Å². The zero-order valence-corrected chi connectivity index (χ0v) is 23.6. The number of primary sulfonamides is 1. The van der Waals surface area contributed by atoms with E-state index in [0.717, 1.165) is 53.8 Å². The number of nitrogens with two attached hydrogens (primary N) is 2. The van der Waals surface area contributed by atoms with E-state index < -0.39 is 16.0 Å². The zero-order valence-electron chi connectivity index (χ0n) is 22.0. The topological polar surface area (TPSA) is 158 Å². The lowest BCUT2D eigenvalue weighted by atomic mass is 9.93. The predicted molar refractivity (Wildman–Crippen MR) is 155 cm³/mol. The molecule has 5 rings (SSSR count). The van der Waals surface area contributed by atoms with E-state index in [1.165, 1.54) is 41.7 Å². The maximum atomic E-state index is 11.8. The Labute approximate surface area is 237 Å². The van der Waals surface area contributed by atoms with Gasteiger partial charge in [-0.3, -0.25) is 0 Å². The molecule has 11 heteroatoms. The second-order valence-electron chi connectivity index (χ2n) is 10.3. The Kier molecular flexibility index (Phi) is 8.34. The number of nitrogens with zero attached hydrogens (tertiary/aromatic N) is 2. The summed E-state index contributed by atoms with van der Waals surface area (Å²) in [6.07, 6.45) is 7.84. The van der Waals surface area contributed by atoms with Crippen LogP contribution in [0.2, 0.25) is 0 Å². The van der Waals surface area contributed by atoms with Crippen LogP contribution in [0.15, 0.2) is 69.4 Å². The minimum Gasteiger partial charge on any atom is -0.490 e. The molecule has 1 heterocycles. The van der Waals surface area contributed by atoms with Crippen molar-refractivity contribution in [1.82, 2.24) is 4.98 Å². The smallest absolute Gasteiger partial charge is 0.355 e. The molecule has 2 aliphatic rings. The van der Waals surface area contributed by atoms with Crippen molar-refractivity contribution in [2.75, 3.05) is 0 Å². The van der Waals surface area contributed by atoms with E-state index in [0.29, 0.717) is 29.6 Å². The summed E-state index contributed by atoms with van der Waals surface area (Å²) in [4.78, 5) is 20.4. The van der Waals surface area contributed by atoms with E-state index >= 15 is 0 Å². The third-order valence-electron chi connectivity index (χ3n) is 7.18. The van der Waals surface area contributed by atoms with Crippen LogP contribution in [0.3, 0.4) is 0 Å². The van der Waals surface area contributed by atoms with Crippen LogP contribution in [0.4, 0.5) is 5.13 Å². The summed E-state index contributed by atoms with van der Waals surface area (Å²) in [7, 11) is -3.82. The van der Waals surface area contributed by atoms with Gasteiger partial charge in [0.15, 0.2) is 5.69 Å². The molecule has 0 radical (unpaired) electrons.